The van der Waals surface area contributed by atoms with Crippen molar-refractivity contribution in [2.45, 2.75) is 13.0 Å². The largest absolute Gasteiger partial charge is 0.479 e. The van der Waals surface area contributed by atoms with Crippen molar-refractivity contribution >= 4 is 17.7 Å². The molecule has 1 atom stereocenters. The standard InChI is InChI=1S/C12H16N2O4/c1-8-5-3-4-6-9(8)14(2)12(18)13-7-10(15)11(16)17/h3-6,10,15H,7H2,1-2H3,(H,13,18)(H,16,17). The number of nitrogens with zero attached hydrogens (tertiary/aromatic N) is 1. The molecule has 0 aliphatic carbocycles. The van der Waals surface area contributed by atoms with E-state index in [1.165, 1.54) is 4.90 Å². The second kappa shape index (κ2) is 6.02. The molecule has 0 saturated carbocycles. The predicted molar refractivity (Wildman–Crippen MR) is 66.6 cm³/mol. The van der Waals surface area contributed by atoms with Gasteiger partial charge in [-0.3, -0.25) is 4.90 Å². The Morgan fingerprint density at radius 1 is 1.39 bits per heavy atom. The fourth-order valence-electron chi connectivity index (χ4n) is 1.44. The van der Waals surface area contributed by atoms with Crippen LogP contribution >= 0.6 is 0 Å². The number of rotatable bonds is 4. The Morgan fingerprint density at radius 3 is 2.56 bits per heavy atom. The lowest BCUT2D eigenvalue weighted by Gasteiger charge is -2.20. The molecule has 0 bridgehead atoms. The molecule has 0 fully saturated rings. The maximum absolute atomic E-state index is 11.7. The van der Waals surface area contributed by atoms with Crippen molar-refractivity contribution in [3.63, 3.8) is 0 Å². The van der Waals surface area contributed by atoms with Gasteiger partial charge in [0.25, 0.3) is 0 Å². The number of hydrogen-bond acceptors (Lipinski definition) is 3. The van der Waals surface area contributed by atoms with Crippen molar-refractivity contribution in [3.05, 3.63) is 29.8 Å². The number of hydrogen-bond donors (Lipinski definition) is 3. The third kappa shape index (κ3) is 3.46. The molecule has 0 aliphatic rings. The van der Waals surface area contributed by atoms with E-state index in [2.05, 4.69) is 5.32 Å². The fraction of sp³-hybridized carbons (Fsp3) is 0.333. The number of carboxylic acids is 1. The number of benzene rings is 1. The molecule has 1 aromatic rings. The van der Waals surface area contributed by atoms with E-state index in [0.29, 0.717) is 0 Å². The van der Waals surface area contributed by atoms with Gasteiger partial charge in [0.15, 0.2) is 6.10 Å². The van der Waals surface area contributed by atoms with Gasteiger partial charge in [-0.1, -0.05) is 18.2 Å². The molecular weight excluding hydrogens is 236 g/mol. The molecule has 2 amide bonds. The quantitative estimate of drug-likeness (QED) is 0.731. The molecule has 1 aromatic carbocycles. The van der Waals surface area contributed by atoms with E-state index in [9.17, 15) is 9.59 Å². The highest BCUT2D eigenvalue weighted by Gasteiger charge is 2.17. The molecule has 6 heteroatoms. The summed E-state index contributed by atoms with van der Waals surface area (Å²) in [5, 5.41) is 19.9. The minimum atomic E-state index is -1.60. The molecular formula is C12H16N2O4. The number of carbonyl (C=O) groups is 2. The topological polar surface area (TPSA) is 89.9 Å². The Bertz CT molecular complexity index is 447. The van der Waals surface area contributed by atoms with E-state index in [1.54, 1.807) is 19.2 Å². The lowest BCUT2D eigenvalue weighted by molar-refractivity contribution is -0.146. The Hall–Kier alpha value is -2.08. The number of aliphatic carboxylic acids is 1. The summed E-state index contributed by atoms with van der Waals surface area (Å²) in [5.74, 6) is -1.37. The summed E-state index contributed by atoms with van der Waals surface area (Å²) < 4.78 is 0. The highest BCUT2D eigenvalue weighted by Crippen LogP contribution is 2.17. The van der Waals surface area contributed by atoms with Crippen LogP contribution in [0.4, 0.5) is 10.5 Å². The van der Waals surface area contributed by atoms with Gasteiger partial charge in [0, 0.05) is 12.7 Å². The van der Waals surface area contributed by atoms with Crippen LogP contribution in [0.25, 0.3) is 0 Å². The minimum Gasteiger partial charge on any atom is -0.479 e. The van der Waals surface area contributed by atoms with E-state index in [1.807, 2.05) is 19.1 Å². The Labute approximate surface area is 105 Å². The smallest absolute Gasteiger partial charge is 0.334 e. The van der Waals surface area contributed by atoms with Crippen molar-refractivity contribution in [1.82, 2.24) is 5.32 Å². The molecule has 18 heavy (non-hydrogen) atoms. The average Bonchev–Trinajstić information content (AvgIpc) is 2.35. The van der Waals surface area contributed by atoms with Crippen molar-refractivity contribution in [2.24, 2.45) is 0 Å². The van der Waals surface area contributed by atoms with E-state index >= 15 is 0 Å². The maximum atomic E-state index is 11.7. The van der Waals surface area contributed by atoms with Gasteiger partial charge in [0.1, 0.15) is 0 Å². The van der Waals surface area contributed by atoms with Crippen LogP contribution in [-0.4, -0.2) is 41.9 Å². The van der Waals surface area contributed by atoms with Crippen LogP contribution in [0.1, 0.15) is 5.56 Å². The third-order valence-electron chi connectivity index (χ3n) is 2.51. The molecule has 6 nitrogen and oxygen atoms in total. The number of anilines is 1. The van der Waals surface area contributed by atoms with Crippen LogP contribution in [0, 0.1) is 6.92 Å². The molecule has 1 rings (SSSR count). The highest BCUT2D eigenvalue weighted by atomic mass is 16.4. The summed E-state index contributed by atoms with van der Waals surface area (Å²) >= 11 is 0. The monoisotopic (exact) mass is 252 g/mol. The first-order valence-electron chi connectivity index (χ1n) is 5.41. The summed E-state index contributed by atoms with van der Waals surface area (Å²) in [6, 6.07) is 6.84. The molecule has 98 valence electrons. The molecule has 0 aliphatic heterocycles. The van der Waals surface area contributed by atoms with Gasteiger partial charge in [0.05, 0.1) is 6.54 Å². The Balaban J connectivity index is 2.63. The summed E-state index contributed by atoms with van der Waals surface area (Å²) in [4.78, 5) is 23.5. The van der Waals surface area contributed by atoms with Crippen molar-refractivity contribution in [2.75, 3.05) is 18.5 Å². The molecule has 3 N–H and O–H groups in total. The maximum Gasteiger partial charge on any atom is 0.334 e. The minimum absolute atomic E-state index is 0.329. The summed E-state index contributed by atoms with van der Waals surface area (Å²) in [6.45, 7) is 1.54. The van der Waals surface area contributed by atoms with E-state index in [0.717, 1.165) is 11.3 Å². The molecule has 1 unspecified atom stereocenters. The van der Waals surface area contributed by atoms with Gasteiger partial charge in [-0.25, -0.2) is 9.59 Å². The van der Waals surface area contributed by atoms with Crippen LogP contribution in [-0.2, 0) is 4.79 Å². The van der Waals surface area contributed by atoms with Crippen LogP contribution in [0.3, 0.4) is 0 Å². The van der Waals surface area contributed by atoms with Crippen molar-refractivity contribution in [1.29, 1.82) is 0 Å². The van der Waals surface area contributed by atoms with Gasteiger partial charge in [-0.05, 0) is 18.6 Å². The average molecular weight is 252 g/mol. The van der Waals surface area contributed by atoms with Crippen LogP contribution in [0.5, 0.6) is 0 Å². The normalized spacial score (nSPS) is 11.7. The number of para-hydroxylation sites is 1. The number of aryl methyl sites for hydroxylation is 1. The number of nitrogens with one attached hydrogen (secondary N) is 1. The van der Waals surface area contributed by atoms with Crippen LogP contribution in [0.15, 0.2) is 24.3 Å². The van der Waals surface area contributed by atoms with Gasteiger partial charge in [-0.2, -0.15) is 0 Å². The lowest BCUT2D eigenvalue weighted by Crippen LogP contribution is -2.43. The zero-order chi connectivity index (χ0) is 13.7. The van der Waals surface area contributed by atoms with Crippen LogP contribution in [0.2, 0.25) is 0 Å². The summed E-state index contributed by atoms with van der Waals surface area (Å²) in [7, 11) is 1.57. The molecule has 0 heterocycles. The van der Waals surface area contributed by atoms with E-state index in [-0.39, 0.29) is 6.54 Å². The summed E-state index contributed by atoms with van der Waals surface area (Å²) in [5.41, 5.74) is 1.65. The number of amides is 2. The van der Waals surface area contributed by atoms with Gasteiger partial charge >= 0.3 is 12.0 Å². The first kappa shape index (κ1) is 14.0. The van der Waals surface area contributed by atoms with Gasteiger partial charge < -0.3 is 15.5 Å². The van der Waals surface area contributed by atoms with Crippen LogP contribution < -0.4 is 10.2 Å². The molecule has 0 radical (unpaired) electrons. The molecule has 0 spiro atoms. The first-order valence-corrected chi connectivity index (χ1v) is 5.41. The summed E-state index contributed by atoms with van der Waals surface area (Å²) in [6.07, 6.45) is -1.60. The number of aliphatic hydroxyl groups is 1. The number of carbonyl (C=O) groups excluding carboxylic acids is 1. The Kier molecular flexibility index (Phi) is 4.67. The third-order valence-corrected chi connectivity index (χ3v) is 2.51. The fourth-order valence-corrected chi connectivity index (χ4v) is 1.44. The van der Waals surface area contributed by atoms with Gasteiger partial charge in [0.2, 0.25) is 0 Å². The predicted octanol–water partition coefficient (Wildman–Crippen LogP) is 0.586. The van der Waals surface area contributed by atoms with E-state index < -0.39 is 18.1 Å². The van der Waals surface area contributed by atoms with Crippen molar-refractivity contribution in [3.8, 4) is 0 Å². The van der Waals surface area contributed by atoms with E-state index in [4.69, 9.17) is 10.2 Å². The van der Waals surface area contributed by atoms with Crippen molar-refractivity contribution < 1.29 is 19.8 Å². The number of aliphatic hydroxyl groups excluding tert-OH is 1. The SMILES string of the molecule is Cc1ccccc1N(C)C(=O)NCC(O)C(=O)O. The number of carboxylic acid groups (broad SMARTS) is 1. The zero-order valence-electron chi connectivity index (χ0n) is 10.3. The lowest BCUT2D eigenvalue weighted by atomic mass is 10.2. The van der Waals surface area contributed by atoms with Gasteiger partial charge in [-0.15, -0.1) is 0 Å². The number of urea groups is 1. The first-order chi connectivity index (χ1) is 8.43. The Morgan fingerprint density at radius 2 is 2.00 bits per heavy atom. The zero-order valence-corrected chi connectivity index (χ0v) is 10.3. The highest BCUT2D eigenvalue weighted by molar-refractivity contribution is 5.92. The second-order valence-electron chi connectivity index (χ2n) is 3.89. The molecule has 0 aromatic heterocycles. The molecule has 0 saturated heterocycles. The second-order valence-corrected chi connectivity index (χ2v) is 3.89.